The third-order valence-electron chi connectivity index (χ3n) is 5.86. The van der Waals surface area contributed by atoms with E-state index in [1.807, 2.05) is 73.5 Å². The highest BCUT2D eigenvalue weighted by atomic mass is 16.5. The summed E-state index contributed by atoms with van der Waals surface area (Å²) in [6.45, 7) is 5.78. The number of hydrogen-bond donors (Lipinski definition) is 0. The summed E-state index contributed by atoms with van der Waals surface area (Å²) in [4.78, 5) is 28.9. The molecular weight excluding hydrogens is 364 g/mol. The second-order valence-corrected chi connectivity index (χ2v) is 7.84. The van der Waals surface area contributed by atoms with Gasteiger partial charge < -0.3 is 14.5 Å². The van der Waals surface area contributed by atoms with Crippen LogP contribution in [-0.4, -0.2) is 54.9 Å². The molecule has 0 bridgehead atoms. The van der Waals surface area contributed by atoms with Crippen LogP contribution >= 0.6 is 0 Å². The number of nitrogens with zero attached hydrogens (tertiary/aromatic N) is 2. The first-order valence-corrected chi connectivity index (χ1v) is 10.2. The minimum atomic E-state index is -0.591. The molecule has 0 saturated carbocycles. The Hall–Kier alpha value is -2.82. The molecule has 0 N–H and O–H groups in total. The summed E-state index contributed by atoms with van der Waals surface area (Å²) in [6.07, 6.45) is 1.27. The second-order valence-electron chi connectivity index (χ2n) is 7.84. The van der Waals surface area contributed by atoms with Gasteiger partial charge in [-0.3, -0.25) is 9.59 Å². The third-order valence-corrected chi connectivity index (χ3v) is 5.86. The van der Waals surface area contributed by atoms with Crippen molar-refractivity contribution in [2.45, 2.75) is 32.1 Å². The molecule has 1 aliphatic rings. The number of ether oxygens (including phenoxy) is 1. The minimum absolute atomic E-state index is 0.0685. The molecular formula is C24H30N2O3. The predicted octanol–water partition coefficient (Wildman–Crippen LogP) is 3.41. The monoisotopic (exact) mass is 394 g/mol. The fourth-order valence-electron chi connectivity index (χ4n) is 3.99. The number of likely N-dealkylation sites (N-methyl/N-ethyl adjacent to an activating group) is 1. The summed E-state index contributed by atoms with van der Waals surface area (Å²) in [5, 5.41) is 0. The fourth-order valence-corrected chi connectivity index (χ4v) is 3.99. The normalized spacial score (nSPS) is 15.6. The van der Waals surface area contributed by atoms with Gasteiger partial charge in [-0.2, -0.15) is 0 Å². The number of piperidine rings is 1. The maximum Gasteiger partial charge on any atom is 0.233 e. The molecule has 29 heavy (non-hydrogen) atoms. The Kier molecular flexibility index (Phi) is 6.57. The Balaban J connectivity index is 1.69. The Morgan fingerprint density at radius 2 is 1.66 bits per heavy atom. The van der Waals surface area contributed by atoms with Gasteiger partial charge in [0.25, 0.3) is 0 Å². The average molecular weight is 395 g/mol. The average Bonchev–Trinajstić information content (AvgIpc) is 2.75. The van der Waals surface area contributed by atoms with E-state index in [1.165, 1.54) is 5.56 Å². The smallest absolute Gasteiger partial charge is 0.233 e. The van der Waals surface area contributed by atoms with Crippen molar-refractivity contribution in [3.05, 3.63) is 65.7 Å². The molecule has 5 nitrogen and oxygen atoms in total. The summed E-state index contributed by atoms with van der Waals surface area (Å²) in [6, 6.07) is 17.9. The van der Waals surface area contributed by atoms with Crippen LogP contribution in [0.2, 0.25) is 0 Å². The van der Waals surface area contributed by atoms with Gasteiger partial charge in [-0.25, -0.2) is 0 Å². The van der Waals surface area contributed by atoms with Crippen LogP contribution in [0.1, 0.15) is 30.9 Å². The van der Waals surface area contributed by atoms with Crippen LogP contribution in [0.15, 0.2) is 54.6 Å². The van der Waals surface area contributed by atoms with E-state index < -0.39 is 5.41 Å². The van der Waals surface area contributed by atoms with Crippen molar-refractivity contribution in [2.24, 2.45) is 0 Å². The lowest BCUT2D eigenvalue weighted by Gasteiger charge is -2.42. The highest BCUT2D eigenvalue weighted by Crippen LogP contribution is 2.37. The summed E-state index contributed by atoms with van der Waals surface area (Å²) >= 11 is 0. The van der Waals surface area contributed by atoms with Crippen molar-refractivity contribution in [1.29, 1.82) is 0 Å². The molecule has 0 unspecified atom stereocenters. The first kappa shape index (κ1) is 20.9. The summed E-state index contributed by atoms with van der Waals surface area (Å²) < 4.78 is 5.81. The Bertz CT molecular complexity index is 825. The van der Waals surface area contributed by atoms with Crippen LogP contribution in [-0.2, 0) is 15.0 Å². The van der Waals surface area contributed by atoms with Gasteiger partial charge in [-0.05, 0) is 37.5 Å². The highest BCUT2D eigenvalue weighted by Gasteiger charge is 2.44. The molecule has 0 atom stereocenters. The van der Waals surface area contributed by atoms with E-state index >= 15 is 0 Å². The zero-order chi connectivity index (χ0) is 20.9. The van der Waals surface area contributed by atoms with Crippen LogP contribution in [0.3, 0.4) is 0 Å². The maximum absolute atomic E-state index is 13.6. The van der Waals surface area contributed by atoms with E-state index in [0.29, 0.717) is 39.1 Å². The standard InChI is InChI=1S/C24H30N2O3/c1-19-9-11-22(12-10-19)29-18-17-25(3)23(28)24(21-7-5-4-6-8-21)13-15-26(16-14-24)20(2)27/h4-12H,13-18H2,1-3H3. The number of carbonyl (C=O) groups excluding carboxylic acids is 2. The van der Waals surface area contributed by atoms with Crippen LogP contribution in [0, 0.1) is 6.92 Å². The lowest BCUT2D eigenvalue weighted by molar-refractivity contribution is -0.141. The van der Waals surface area contributed by atoms with Gasteiger partial charge in [0.05, 0.1) is 12.0 Å². The molecule has 0 spiro atoms. The lowest BCUT2D eigenvalue weighted by Crippen LogP contribution is -2.53. The topological polar surface area (TPSA) is 49.9 Å². The van der Waals surface area contributed by atoms with Crippen LogP contribution < -0.4 is 4.74 Å². The Morgan fingerprint density at radius 3 is 2.24 bits per heavy atom. The first-order valence-electron chi connectivity index (χ1n) is 10.2. The lowest BCUT2D eigenvalue weighted by atomic mass is 9.71. The van der Waals surface area contributed by atoms with Crippen molar-refractivity contribution in [2.75, 3.05) is 33.3 Å². The van der Waals surface area contributed by atoms with Crippen molar-refractivity contribution in [3.63, 3.8) is 0 Å². The highest BCUT2D eigenvalue weighted by molar-refractivity contribution is 5.88. The van der Waals surface area contributed by atoms with E-state index in [0.717, 1.165) is 11.3 Å². The zero-order valence-electron chi connectivity index (χ0n) is 17.6. The molecule has 1 saturated heterocycles. The van der Waals surface area contributed by atoms with Crippen molar-refractivity contribution >= 4 is 11.8 Å². The molecule has 1 aliphatic heterocycles. The molecule has 0 aliphatic carbocycles. The van der Waals surface area contributed by atoms with Gasteiger partial charge in [0.1, 0.15) is 12.4 Å². The van der Waals surface area contributed by atoms with Gasteiger partial charge in [0.2, 0.25) is 11.8 Å². The molecule has 2 amide bonds. The van der Waals surface area contributed by atoms with Crippen molar-refractivity contribution < 1.29 is 14.3 Å². The van der Waals surface area contributed by atoms with Gasteiger partial charge in [-0.1, -0.05) is 48.0 Å². The van der Waals surface area contributed by atoms with Crippen LogP contribution in [0.5, 0.6) is 5.75 Å². The Labute approximate surface area is 173 Å². The second kappa shape index (κ2) is 9.12. The van der Waals surface area contributed by atoms with Gasteiger partial charge in [0.15, 0.2) is 0 Å². The van der Waals surface area contributed by atoms with E-state index in [1.54, 1.807) is 11.8 Å². The molecule has 1 heterocycles. The van der Waals surface area contributed by atoms with Crippen molar-refractivity contribution in [1.82, 2.24) is 9.80 Å². The fraction of sp³-hybridized carbons (Fsp3) is 0.417. The number of amides is 2. The molecule has 1 fully saturated rings. The molecule has 154 valence electrons. The van der Waals surface area contributed by atoms with Gasteiger partial charge in [-0.15, -0.1) is 0 Å². The SMILES string of the molecule is CC(=O)N1CCC(C(=O)N(C)CCOc2ccc(C)cc2)(c2ccccc2)CC1. The van der Waals surface area contributed by atoms with Crippen molar-refractivity contribution in [3.8, 4) is 5.75 Å². The molecule has 2 aromatic rings. The van der Waals surface area contributed by atoms with E-state index in [4.69, 9.17) is 4.74 Å². The number of rotatable bonds is 6. The molecule has 2 aromatic carbocycles. The number of carbonyl (C=O) groups is 2. The minimum Gasteiger partial charge on any atom is -0.492 e. The van der Waals surface area contributed by atoms with Crippen LogP contribution in [0.25, 0.3) is 0 Å². The summed E-state index contributed by atoms with van der Waals surface area (Å²) in [5.74, 6) is 0.974. The van der Waals surface area contributed by atoms with E-state index in [9.17, 15) is 9.59 Å². The van der Waals surface area contributed by atoms with Gasteiger partial charge in [0, 0.05) is 27.1 Å². The number of benzene rings is 2. The summed E-state index contributed by atoms with van der Waals surface area (Å²) in [5.41, 5.74) is 1.62. The van der Waals surface area contributed by atoms with Gasteiger partial charge >= 0.3 is 0 Å². The number of likely N-dealkylation sites (tertiary alicyclic amines) is 1. The molecule has 3 rings (SSSR count). The molecule has 0 aromatic heterocycles. The summed E-state index contributed by atoms with van der Waals surface area (Å²) in [7, 11) is 1.84. The van der Waals surface area contributed by atoms with E-state index in [2.05, 4.69) is 0 Å². The quantitative estimate of drug-likeness (QED) is 0.754. The molecule has 5 heteroatoms. The maximum atomic E-state index is 13.6. The first-order chi connectivity index (χ1) is 13.9. The number of hydrogen-bond acceptors (Lipinski definition) is 3. The predicted molar refractivity (Wildman–Crippen MR) is 114 cm³/mol. The van der Waals surface area contributed by atoms with Crippen LogP contribution in [0.4, 0.5) is 0 Å². The zero-order valence-corrected chi connectivity index (χ0v) is 17.6. The van der Waals surface area contributed by atoms with E-state index in [-0.39, 0.29) is 11.8 Å². The number of aryl methyl sites for hydroxylation is 1. The third kappa shape index (κ3) is 4.78. The molecule has 0 radical (unpaired) electrons. The largest absolute Gasteiger partial charge is 0.492 e. The Morgan fingerprint density at radius 1 is 1.03 bits per heavy atom.